The number of anilines is 2. The molecule has 0 saturated carbocycles. The third-order valence-corrected chi connectivity index (χ3v) is 4.08. The summed E-state index contributed by atoms with van der Waals surface area (Å²) < 4.78 is 0. The van der Waals surface area contributed by atoms with Crippen molar-refractivity contribution in [1.29, 1.82) is 0 Å². The van der Waals surface area contributed by atoms with E-state index in [0.717, 1.165) is 11.4 Å². The maximum atomic E-state index is 12.2. The Morgan fingerprint density at radius 3 is 2.26 bits per heavy atom. The van der Waals surface area contributed by atoms with Crippen LogP contribution in [-0.4, -0.2) is 20.9 Å². The highest BCUT2D eigenvalue weighted by Crippen LogP contribution is 2.24. The number of amides is 1. The average Bonchev–Trinajstić information content (AvgIpc) is 2.67. The summed E-state index contributed by atoms with van der Waals surface area (Å²) in [4.78, 5) is 24.8. The zero-order valence-electron chi connectivity index (χ0n) is 15.7. The van der Waals surface area contributed by atoms with Crippen LogP contribution in [0.2, 0.25) is 0 Å². The Morgan fingerprint density at radius 1 is 0.963 bits per heavy atom. The molecule has 0 unspecified atom stereocenters. The molecule has 2 N–H and O–H groups in total. The first-order valence-electron chi connectivity index (χ1n) is 8.79. The van der Waals surface area contributed by atoms with Gasteiger partial charge in [-0.25, -0.2) is 9.97 Å². The molecule has 1 amide bonds. The van der Waals surface area contributed by atoms with Crippen LogP contribution in [0.4, 0.5) is 11.6 Å². The van der Waals surface area contributed by atoms with Crippen LogP contribution in [0.15, 0.2) is 61.1 Å². The van der Waals surface area contributed by atoms with Gasteiger partial charge in [-0.2, -0.15) is 0 Å². The fraction of sp³-hybridized carbons (Fsp3) is 0.238. The Hall–Kier alpha value is -3.28. The van der Waals surface area contributed by atoms with Gasteiger partial charge in [-0.1, -0.05) is 39.0 Å². The molecule has 27 heavy (non-hydrogen) atoms. The van der Waals surface area contributed by atoms with Gasteiger partial charge in [0.1, 0.15) is 0 Å². The van der Waals surface area contributed by atoms with Crippen molar-refractivity contribution in [2.75, 3.05) is 5.32 Å². The molecule has 0 aliphatic heterocycles. The van der Waals surface area contributed by atoms with Crippen molar-refractivity contribution in [3.63, 3.8) is 0 Å². The summed E-state index contributed by atoms with van der Waals surface area (Å²) in [5.74, 6) is 0.210. The van der Waals surface area contributed by atoms with Crippen LogP contribution >= 0.6 is 0 Å². The monoisotopic (exact) mass is 361 g/mol. The van der Waals surface area contributed by atoms with Crippen LogP contribution in [0.3, 0.4) is 0 Å². The van der Waals surface area contributed by atoms with E-state index in [1.165, 1.54) is 18.0 Å². The molecule has 138 valence electrons. The molecule has 0 bridgehead atoms. The summed E-state index contributed by atoms with van der Waals surface area (Å²) in [6.45, 7) is 6.89. The minimum Gasteiger partial charge on any atom is -0.346 e. The van der Waals surface area contributed by atoms with E-state index in [0.29, 0.717) is 18.1 Å². The van der Waals surface area contributed by atoms with E-state index in [1.807, 2.05) is 30.3 Å². The Labute approximate surface area is 159 Å². The number of carbonyl (C=O) groups excluding carboxylic acids is 1. The SMILES string of the molecule is CC(C)(C)c1ccc(Nc2ncc(C(=O)NCc3ccccn3)cn2)cc1. The van der Waals surface area contributed by atoms with Gasteiger partial charge < -0.3 is 10.6 Å². The third-order valence-electron chi connectivity index (χ3n) is 4.08. The standard InChI is InChI=1S/C21H23N5O/c1-21(2,3)16-7-9-17(10-8-16)26-20-24-12-15(13-25-20)19(27)23-14-18-6-4-5-11-22-18/h4-13H,14H2,1-3H3,(H,23,27)(H,24,25,26). The largest absolute Gasteiger partial charge is 0.346 e. The molecule has 2 aromatic heterocycles. The fourth-order valence-electron chi connectivity index (χ4n) is 2.47. The van der Waals surface area contributed by atoms with Crippen molar-refractivity contribution in [1.82, 2.24) is 20.3 Å². The first-order valence-corrected chi connectivity index (χ1v) is 8.79. The predicted octanol–water partition coefficient (Wildman–Crippen LogP) is 3.84. The molecule has 6 heteroatoms. The zero-order chi connectivity index (χ0) is 19.3. The smallest absolute Gasteiger partial charge is 0.254 e. The van der Waals surface area contributed by atoms with Crippen LogP contribution in [0, 0.1) is 0 Å². The summed E-state index contributed by atoms with van der Waals surface area (Å²) >= 11 is 0. The highest BCUT2D eigenvalue weighted by molar-refractivity contribution is 5.93. The first-order chi connectivity index (χ1) is 12.9. The lowest BCUT2D eigenvalue weighted by atomic mass is 9.87. The van der Waals surface area contributed by atoms with Crippen molar-refractivity contribution >= 4 is 17.5 Å². The van der Waals surface area contributed by atoms with Crippen molar-refractivity contribution in [2.24, 2.45) is 0 Å². The number of hydrogen-bond acceptors (Lipinski definition) is 5. The number of carbonyl (C=O) groups is 1. The number of pyridine rings is 1. The van der Waals surface area contributed by atoms with Crippen molar-refractivity contribution in [3.8, 4) is 0 Å². The molecule has 0 aliphatic carbocycles. The lowest BCUT2D eigenvalue weighted by molar-refractivity contribution is 0.0949. The molecule has 0 radical (unpaired) electrons. The molecule has 3 aromatic rings. The summed E-state index contributed by atoms with van der Waals surface area (Å²) in [5, 5.41) is 5.95. The average molecular weight is 361 g/mol. The number of rotatable bonds is 5. The summed E-state index contributed by atoms with van der Waals surface area (Å²) in [5.41, 5.74) is 3.46. The molecule has 6 nitrogen and oxygen atoms in total. The van der Waals surface area contributed by atoms with Crippen molar-refractivity contribution in [2.45, 2.75) is 32.7 Å². The fourth-order valence-corrected chi connectivity index (χ4v) is 2.47. The second-order valence-corrected chi connectivity index (χ2v) is 7.25. The molecule has 0 saturated heterocycles. The number of nitrogens with zero attached hydrogens (tertiary/aromatic N) is 3. The summed E-state index contributed by atoms with van der Waals surface area (Å²) in [6, 6.07) is 13.7. The van der Waals surface area contributed by atoms with E-state index >= 15 is 0 Å². The van der Waals surface area contributed by atoms with Crippen molar-refractivity contribution < 1.29 is 4.79 Å². The minimum atomic E-state index is -0.235. The van der Waals surface area contributed by atoms with Gasteiger partial charge >= 0.3 is 0 Å². The lowest BCUT2D eigenvalue weighted by Crippen LogP contribution is -2.23. The lowest BCUT2D eigenvalue weighted by Gasteiger charge is -2.19. The van der Waals surface area contributed by atoms with E-state index in [-0.39, 0.29) is 11.3 Å². The molecule has 3 rings (SSSR count). The highest BCUT2D eigenvalue weighted by Gasteiger charge is 2.13. The molecule has 1 aromatic carbocycles. The minimum absolute atomic E-state index is 0.110. The Balaban J connectivity index is 1.59. The van der Waals surface area contributed by atoms with Crippen LogP contribution in [0.1, 0.15) is 42.4 Å². The van der Waals surface area contributed by atoms with Gasteiger partial charge in [0.2, 0.25) is 5.95 Å². The quantitative estimate of drug-likeness (QED) is 0.722. The molecule has 0 aliphatic rings. The van der Waals surface area contributed by atoms with Gasteiger partial charge in [0.05, 0.1) is 17.8 Å². The summed E-state index contributed by atoms with van der Waals surface area (Å²) in [6.07, 6.45) is 4.71. The van der Waals surface area contributed by atoms with E-state index in [9.17, 15) is 4.79 Å². The van der Waals surface area contributed by atoms with Crippen LogP contribution in [0.25, 0.3) is 0 Å². The van der Waals surface area contributed by atoms with E-state index in [1.54, 1.807) is 6.20 Å². The molecule has 2 heterocycles. The number of hydrogen-bond donors (Lipinski definition) is 2. The van der Waals surface area contributed by atoms with Crippen LogP contribution in [-0.2, 0) is 12.0 Å². The Morgan fingerprint density at radius 2 is 1.67 bits per heavy atom. The summed E-state index contributed by atoms with van der Waals surface area (Å²) in [7, 11) is 0. The second kappa shape index (κ2) is 7.95. The predicted molar refractivity (Wildman–Crippen MR) is 106 cm³/mol. The van der Waals surface area contributed by atoms with Crippen LogP contribution in [0.5, 0.6) is 0 Å². The maximum Gasteiger partial charge on any atom is 0.254 e. The first kappa shape index (κ1) is 18.5. The number of nitrogens with one attached hydrogen (secondary N) is 2. The van der Waals surface area contributed by atoms with Gasteiger partial charge in [-0.05, 0) is 35.2 Å². The maximum absolute atomic E-state index is 12.2. The van der Waals surface area contributed by atoms with Gasteiger partial charge in [-0.15, -0.1) is 0 Å². The molecular formula is C21H23N5O. The molecular weight excluding hydrogens is 338 g/mol. The molecule has 0 spiro atoms. The third kappa shape index (κ3) is 5.10. The van der Waals surface area contributed by atoms with E-state index in [4.69, 9.17) is 0 Å². The van der Waals surface area contributed by atoms with Gasteiger partial charge in [-0.3, -0.25) is 9.78 Å². The highest BCUT2D eigenvalue weighted by atomic mass is 16.1. The topological polar surface area (TPSA) is 79.8 Å². The Kier molecular flexibility index (Phi) is 5.45. The normalized spacial score (nSPS) is 11.1. The molecule has 0 atom stereocenters. The van der Waals surface area contributed by atoms with E-state index < -0.39 is 0 Å². The molecule has 0 fully saturated rings. The Bertz CT molecular complexity index is 885. The number of aromatic nitrogens is 3. The van der Waals surface area contributed by atoms with Crippen LogP contribution < -0.4 is 10.6 Å². The van der Waals surface area contributed by atoms with E-state index in [2.05, 4.69) is 58.5 Å². The van der Waals surface area contributed by atoms with Gasteiger partial charge in [0.15, 0.2) is 0 Å². The van der Waals surface area contributed by atoms with Gasteiger partial charge in [0.25, 0.3) is 5.91 Å². The second-order valence-electron chi connectivity index (χ2n) is 7.25. The number of benzene rings is 1. The van der Waals surface area contributed by atoms with Gasteiger partial charge in [0, 0.05) is 24.3 Å². The van der Waals surface area contributed by atoms with Crippen molar-refractivity contribution in [3.05, 3.63) is 77.9 Å². The zero-order valence-corrected chi connectivity index (χ0v) is 15.7.